The smallest absolute Gasteiger partial charge is 0.264 e. The van der Waals surface area contributed by atoms with Gasteiger partial charge in [-0.3, -0.25) is 13.9 Å². The van der Waals surface area contributed by atoms with Crippen LogP contribution in [0, 0.1) is 0 Å². The minimum absolute atomic E-state index is 0.0612. The van der Waals surface area contributed by atoms with Crippen molar-refractivity contribution in [2.75, 3.05) is 10.8 Å². The Morgan fingerprint density at radius 1 is 0.875 bits per heavy atom. The van der Waals surface area contributed by atoms with Crippen LogP contribution >= 0.6 is 46.4 Å². The van der Waals surface area contributed by atoms with Gasteiger partial charge >= 0.3 is 0 Å². The van der Waals surface area contributed by atoms with Gasteiger partial charge in [0.15, 0.2) is 0 Å². The van der Waals surface area contributed by atoms with Gasteiger partial charge in [0.1, 0.15) is 12.6 Å². The van der Waals surface area contributed by atoms with E-state index in [1.807, 2.05) is 13.8 Å². The normalized spacial score (nSPS) is 12.9. The van der Waals surface area contributed by atoms with Crippen LogP contribution in [0.25, 0.3) is 0 Å². The Bertz CT molecular complexity index is 1470. The summed E-state index contributed by atoms with van der Waals surface area (Å²) in [7, 11) is -4.25. The summed E-state index contributed by atoms with van der Waals surface area (Å²) in [5, 5.41) is 4.24. The van der Waals surface area contributed by atoms with Gasteiger partial charge in [0.2, 0.25) is 11.8 Å². The highest BCUT2D eigenvalue weighted by Gasteiger charge is 2.33. The van der Waals surface area contributed by atoms with Gasteiger partial charge in [-0.25, -0.2) is 8.42 Å². The second-order valence-corrected chi connectivity index (χ2v) is 12.8. The zero-order valence-corrected chi connectivity index (χ0v) is 25.9. The minimum atomic E-state index is -4.25. The van der Waals surface area contributed by atoms with Crippen molar-refractivity contribution in [1.82, 2.24) is 10.2 Å². The molecule has 0 spiro atoms. The summed E-state index contributed by atoms with van der Waals surface area (Å²) in [6, 6.07) is 15.5. The molecule has 0 aromatic heterocycles. The fourth-order valence-corrected chi connectivity index (χ4v) is 5.96. The summed E-state index contributed by atoms with van der Waals surface area (Å²) >= 11 is 24.6. The van der Waals surface area contributed by atoms with E-state index < -0.39 is 28.5 Å². The third kappa shape index (κ3) is 8.04. The van der Waals surface area contributed by atoms with Crippen LogP contribution in [0.3, 0.4) is 0 Å². The van der Waals surface area contributed by atoms with E-state index in [9.17, 15) is 18.0 Å². The second kappa shape index (κ2) is 13.9. The van der Waals surface area contributed by atoms with E-state index in [1.54, 1.807) is 31.2 Å². The Morgan fingerprint density at radius 3 is 2.10 bits per heavy atom. The lowest BCUT2D eigenvalue weighted by Gasteiger charge is -2.32. The highest BCUT2D eigenvalue weighted by atomic mass is 35.5. The summed E-state index contributed by atoms with van der Waals surface area (Å²) in [5.41, 5.74) is 0.717. The first-order valence-electron chi connectivity index (χ1n) is 12.4. The summed E-state index contributed by atoms with van der Waals surface area (Å²) in [5.74, 6) is -1.02. The average Bonchev–Trinajstić information content (AvgIpc) is 2.90. The number of carbonyl (C=O) groups is 2. The number of amides is 2. The molecule has 0 heterocycles. The molecule has 214 valence electrons. The van der Waals surface area contributed by atoms with Crippen LogP contribution in [-0.2, 0) is 26.2 Å². The minimum Gasteiger partial charge on any atom is -0.352 e. The molecule has 7 nitrogen and oxygen atoms in total. The SMILES string of the molecule is CC[C@H](C)NC(=O)[C@@H](C)N(Cc1ccc(Cl)cc1Cl)C(=O)CN(c1cccc(Cl)c1)S(=O)(=O)c1ccc(Cl)cc1. The van der Waals surface area contributed by atoms with E-state index in [-0.39, 0.29) is 34.1 Å². The fourth-order valence-electron chi connectivity index (χ4n) is 3.78. The van der Waals surface area contributed by atoms with Crippen molar-refractivity contribution < 1.29 is 18.0 Å². The molecule has 0 bridgehead atoms. The van der Waals surface area contributed by atoms with E-state index in [0.29, 0.717) is 27.1 Å². The summed E-state index contributed by atoms with van der Waals surface area (Å²) in [4.78, 5) is 28.3. The number of anilines is 1. The van der Waals surface area contributed by atoms with Gasteiger partial charge in [-0.15, -0.1) is 0 Å². The van der Waals surface area contributed by atoms with Crippen molar-refractivity contribution in [2.45, 2.75) is 50.7 Å². The second-order valence-electron chi connectivity index (χ2n) is 9.20. The summed E-state index contributed by atoms with van der Waals surface area (Å²) in [6.45, 7) is 4.69. The van der Waals surface area contributed by atoms with Crippen LogP contribution in [0.5, 0.6) is 0 Å². The lowest BCUT2D eigenvalue weighted by atomic mass is 10.1. The Labute approximate surface area is 255 Å². The molecule has 12 heteroatoms. The van der Waals surface area contributed by atoms with Gasteiger partial charge in [-0.05, 0) is 80.4 Å². The van der Waals surface area contributed by atoms with Gasteiger partial charge in [0, 0.05) is 32.7 Å². The van der Waals surface area contributed by atoms with Crippen molar-refractivity contribution in [3.05, 3.63) is 92.4 Å². The lowest BCUT2D eigenvalue weighted by Crippen LogP contribution is -2.52. The molecule has 3 aromatic rings. The largest absolute Gasteiger partial charge is 0.352 e. The van der Waals surface area contributed by atoms with Crippen LogP contribution in [0.1, 0.15) is 32.8 Å². The molecule has 0 unspecified atom stereocenters. The molecular weight excluding hydrogens is 616 g/mol. The standard InChI is InChI=1S/C28H29Cl4N3O4S/c1-4-18(2)33-28(37)19(3)34(16-20-8-9-23(31)15-26(20)32)27(36)17-35(24-7-5-6-22(30)14-24)40(38,39)25-12-10-21(29)11-13-25/h5-15,18-19H,4,16-17H2,1-3H3,(H,33,37)/t18-,19+/m0/s1. The van der Waals surface area contributed by atoms with Crippen molar-refractivity contribution in [1.29, 1.82) is 0 Å². The van der Waals surface area contributed by atoms with Crippen LogP contribution in [0.2, 0.25) is 20.1 Å². The van der Waals surface area contributed by atoms with E-state index in [2.05, 4.69) is 5.32 Å². The van der Waals surface area contributed by atoms with E-state index in [4.69, 9.17) is 46.4 Å². The van der Waals surface area contributed by atoms with E-state index in [0.717, 1.165) is 4.31 Å². The first-order chi connectivity index (χ1) is 18.8. The number of carbonyl (C=O) groups excluding carboxylic acids is 2. The number of sulfonamides is 1. The fraction of sp³-hybridized carbons (Fsp3) is 0.286. The molecule has 40 heavy (non-hydrogen) atoms. The maximum absolute atomic E-state index is 13.9. The predicted octanol–water partition coefficient (Wildman–Crippen LogP) is 6.83. The topological polar surface area (TPSA) is 86.8 Å². The van der Waals surface area contributed by atoms with Crippen LogP contribution in [0.15, 0.2) is 71.6 Å². The molecule has 0 aliphatic rings. The van der Waals surface area contributed by atoms with Gasteiger partial charge in [0.05, 0.1) is 10.6 Å². The molecule has 3 rings (SSSR count). The summed E-state index contributed by atoms with van der Waals surface area (Å²) in [6.07, 6.45) is 0.692. The molecule has 0 radical (unpaired) electrons. The Hall–Kier alpha value is -2.49. The van der Waals surface area contributed by atoms with Crippen LogP contribution in [-0.4, -0.2) is 43.8 Å². The van der Waals surface area contributed by atoms with Gasteiger partial charge in [-0.2, -0.15) is 0 Å². The van der Waals surface area contributed by atoms with Crippen molar-refractivity contribution in [3.63, 3.8) is 0 Å². The third-order valence-corrected chi connectivity index (χ3v) is 9.16. The van der Waals surface area contributed by atoms with Gasteiger partial charge < -0.3 is 10.2 Å². The maximum atomic E-state index is 13.9. The van der Waals surface area contributed by atoms with Crippen LogP contribution in [0.4, 0.5) is 5.69 Å². The van der Waals surface area contributed by atoms with E-state index >= 15 is 0 Å². The number of hydrogen-bond donors (Lipinski definition) is 1. The molecule has 0 saturated heterocycles. The zero-order chi connectivity index (χ0) is 29.6. The zero-order valence-electron chi connectivity index (χ0n) is 22.1. The molecule has 0 aliphatic carbocycles. The molecule has 0 saturated carbocycles. The number of nitrogens with one attached hydrogen (secondary N) is 1. The quantitative estimate of drug-likeness (QED) is 0.248. The molecule has 0 fully saturated rings. The Morgan fingerprint density at radius 2 is 1.50 bits per heavy atom. The van der Waals surface area contributed by atoms with Crippen LogP contribution < -0.4 is 9.62 Å². The molecule has 3 aromatic carbocycles. The lowest BCUT2D eigenvalue weighted by molar-refractivity contribution is -0.139. The monoisotopic (exact) mass is 643 g/mol. The van der Waals surface area contributed by atoms with Crippen molar-refractivity contribution in [3.8, 4) is 0 Å². The maximum Gasteiger partial charge on any atom is 0.264 e. The predicted molar refractivity (Wildman–Crippen MR) is 162 cm³/mol. The summed E-state index contributed by atoms with van der Waals surface area (Å²) < 4.78 is 28.6. The number of rotatable bonds is 11. The highest BCUT2D eigenvalue weighted by molar-refractivity contribution is 7.92. The molecule has 1 N–H and O–H groups in total. The molecular formula is C28H29Cl4N3O4S. The van der Waals surface area contributed by atoms with Gasteiger partial charge in [-0.1, -0.05) is 65.5 Å². The highest BCUT2D eigenvalue weighted by Crippen LogP contribution is 2.28. The van der Waals surface area contributed by atoms with E-state index in [1.165, 1.54) is 47.4 Å². The number of nitrogens with zero attached hydrogens (tertiary/aromatic N) is 2. The molecule has 2 amide bonds. The van der Waals surface area contributed by atoms with Crippen molar-refractivity contribution in [2.24, 2.45) is 0 Å². The third-order valence-electron chi connectivity index (χ3n) is 6.30. The molecule has 0 aliphatic heterocycles. The molecule has 2 atom stereocenters. The number of hydrogen-bond acceptors (Lipinski definition) is 4. The first kappa shape index (κ1) is 32.0. The first-order valence-corrected chi connectivity index (χ1v) is 15.4. The number of halogens is 4. The van der Waals surface area contributed by atoms with Crippen molar-refractivity contribution >= 4 is 73.9 Å². The number of benzene rings is 3. The van der Waals surface area contributed by atoms with Gasteiger partial charge in [0.25, 0.3) is 10.0 Å². The Balaban J connectivity index is 2.05. The average molecular weight is 645 g/mol. The Kier molecular flexibility index (Phi) is 11.1.